The molecule has 21 heavy (non-hydrogen) atoms. The fourth-order valence-electron chi connectivity index (χ4n) is 2.95. The molecular weight excluding hydrogens is 266 g/mol. The van der Waals surface area contributed by atoms with E-state index < -0.39 is 0 Å². The SMILES string of the molecule is CCOC(=O)N1CCN=C1Nc1cccc2c1CCCC2. The van der Waals surface area contributed by atoms with Gasteiger partial charge in [-0.05, 0) is 49.8 Å². The number of hydrogen-bond donors (Lipinski definition) is 1. The van der Waals surface area contributed by atoms with E-state index in [1.54, 1.807) is 4.90 Å². The smallest absolute Gasteiger partial charge is 0.416 e. The predicted molar refractivity (Wildman–Crippen MR) is 82.7 cm³/mol. The lowest BCUT2D eigenvalue weighted by Crippen LogP contribution is -2.39. The summed E-state index contributed by atoms with van der Waals surface area (Å²) < 4.78 is 5.07. The van der Waals surface area contributed by atoms with E-state index in [1.165, 1.54) is 24.0 Å². The zero-order chi connectivity index (χ0) is 14.7. The minimum Gasteiger partial charge on any atom is -0.449 e. The number of aliphatic imine (C=N–C) groups is 1. The van der Waals surface area contributed by atoms with Crippen LogP contribution < -0.4 is 5.32 Å². The summed E-state index contributed by atoms with van der Waals surface area (Å²) in [6.45, 7) is 3.39. The van der Waals surface area contributed by atoms with Crippen molar-refractivity contribution in [3.8, 4) is 0 Å². The Kier molecular flexibility index (Phi) is 4.08. The van der Waals surface area contributed by atoms with Crippen molar-refractivity contribution in [3.63, 3.8) is 0 Å². The van der Waals surface area contributed by atoms with Gasteiger partial charge >= 0.3 is 6.09 Å². The molecule has 1 aliphatic heterocycles. The number of guanidine groups is 1. The number of benzene rings is 1. The van der Waals surface area contributed by atoms with Crippen LogP contribution in [-0.2, 0) is 17.6 Å². The molecule has 0 saturated carbocycles. The highest BCUT2D eigenvalue weighted by Crippen LogP contribution is 2.28. The summed E-state index contributed by atoms with van der Waals surface area (Å²) >= 11 is 0. The molecule has 0 fully saturated rings. The van der Waals surface area contributed by atoms with Crippen molar-refractivity contribution in [2.24, 2.45) is 4.99 Å². The van der Waals surface area contributed by atoms with Crippen LogP contribution in [-0.4, -0.2) is 36.6 Å². The van der Waals surface area contributed by atoms with Gasteiger partial charge in [0.05, 0.1) is 19.7 Å². The molecule has 5 nitrogen and oxygen atoms in total. The van der Waals surface area contributed by atoms with E-state index in [0.29, 0.717) is 25.7 Å². The summed E-state index contributed by atoms with van der Waals surface area (Å²) in [7, 11) is 0. The van der Waals surface area contributed by atoms with Crippen LogP contribution in [0.5, 0.6) is 0 Å². The van der Waals surface area contributed by atoms with Crippen LogP contribution >= 0.6 is 0 Å². The van der Waals surface area contributed by atoms with Crippen molar-refractivity contribution < 1.29 is 9.53 Å². The van der Waals surface area contributed by atoms with Gasteiger partial charge in [0.15, 0.2) is 0 Å². The van der Waals surface area contributed by atoms with Gasteiger partial charge in [0, 0.05) is 5.69 Å². The fourth-order valence-corrected chi connectivity index (χ4v) is 2.95. The predicted octanol–water partition coefficient (Wildman–Crippen LogP) is 2.81. The number of amides is 1. The van der Waals surface area contributed by atoms with E-state index in [2.05, 4.69) is 28.5 Å². The Bertz CT molecular complexity index is 569. The molecule has 0 aromatic heterocycles. The van der Waals surface area contributed by atoms with Crippen molar-refractivity contribution in [3.05, 3.63) is 29.3 Å². The van der Waals surface area contributed by atoms with Crippen LogP contribution in [0.25, 0.3) is 0 Å². The molecule has 0 saturated heterocycles. The molecule has 1 heterocycles. The molecule has 0 radical (unpaired) electrons. The quantitative estimate of drug-likeness (QED) is 0.910. The van der Waals surface area contributed by atoms with Crippen molar-refractivity contribution in [1.29, 1.82) is 0 Å². The fraction of sp³-hybridized carbons (Fsp3) is 0.500. The first-order valence-corrected chi connectivity index (χ1v) is 7.66. The minimum absolute atomic E-state index is 0.328. The van der Waals surface area contributed by atoms with Gasteiger partial charge in [0.25, 0.3) is 0 Å². The molecule has 0 bridgehead atoms. The van der Waals surface area contributed by atoms with Crippen molar-refractivity contribution in [2.75, 3.05) is 25.0 Å². The molecule has 1 aromatic rings. The van der Waals surface area contributed by atoms with Crippen LogP contribution in [0.1, 0.15) is 30.9 Å². The van der Waals surface area contributed by atoms with Crippen molar-refractivity contribution >= 4 is 17.7 Å². The molecule has 2 aliphatic rings. The van der Waals surface area contributed by atoms with Gasteiger partial charge in [0.1, 0.15) is 0 Å². The number of ether oxygens (including phenoxy) is 1. The molecule has 112 valence electrons. The van der Waals surface area contributed by atoms with Gasteiger partial charge in [-0.1, -0.05) is 12.1 Å². The molecule has 1 amide bonds. The molecule has 1 aromatic carbocycles. The van der Waals surface area contributed by atoms with E-state index in [1.807, 2.05) is 6.92 Å². The zero-order valence-corrected chi connectivity index (χ0v) is 12.4. The van der Waals surface area contributed by atoms with Crippen LogP contribution in [0, 0.1) is 0 Å². The van der Waals surface area contributed by atoms with Gasteiger partial charge in [-0.2, -0.15) is 0 Å². The maximum atomic E-state index is 11.9. The summed E-state index contributed by atoms with van der Waals surface area (Å²) in [6, 6.07) is 6.32. The van der Waals surface area contributed by atoms with Crippen LogP contribution in [0.2, 0.25) is 0 Å². The number of nitrogens with zero attached hydrogens (tertiary/aromatic N) is 2. The van der Waals surface area contributed by atoms with Gasteiger partial charge in [-0.15, -0.1) is 0 Å². The number of anilines is 1. The standard InChI is InChI=1S/C16H21N3O2/c1-2-21-16(20)19-11-10-17-15(19)18-14-9-5-7-12-6-3-4-8-13(12)14/h5,7,9H,2-4,6,8,10-11H2,1H3,(H,17,18). The van der Waals surface area contributed by atoms with E-state index in [-0.39, 0.29) is 6.09 Å². The summed E-state index contributed by atoms with van der Waals surface area (Å²) in [5.41, 5.74) is 3.84. The van der Waals surface area contributed by atoms with E-state index in [0.717, 1.165) is 18.5 Å². The Balaban J connectivity index is 1.79. The number of fused-ring (bicyclic) bond motifs is 1. The lowest BCUT2D eigenvalue weighted by atomic mass is 9.90. The minimum atomic E-state index is -0.328. The normalized spacial score (nSPS) is 17.2. The molecule has 3 rings (SSSR count). The van der Waals surface area contributed by atoms with E-state index >= 15 is 0 Å². The lowest BCUT2D eigenvalue weighted by Gasteiger charge is -2.23. The second-order valence-corrected chi connectivity index (χ2v) is 5.33. The molecule has 5 heteroatoms. The highest BCUT2D eigenvalue weighted by atomic mass is 16.6. The monoisotopic (exact) mass is 287 g/mol. The first kappa shape index (κ1) is 13.9. The van der Waals surface area contributed by atoms with E-state index in [4.69, 9.17) is 4.74 Å². The van der Waals surface area contributed by atoms with Gasteiger partial charge in [0.2, 0.25) is 5.96 Å². The average molecular weight is 287 g/mol. The molecule has 0 spiro atoms. The van der Waals surface area contributed by atoms with Crippen LogP contribution in [0.4, 0.5) is 10.5 Å². The van der Waals surface area contributed by atoms with Gasteiger partial charge in [-0.25, -0.2) is 9.69 Å². The van der Waals surface area contributed by atoms with E-state index in [9.17, 15) is 4.79 Å². The number of aryl methyl sites for hydroxylation is 1. The van der Waals surface area contributed by atoms with Crippen LogP contribution in [0.15, 0.2) is 23.2 Å². The number of rotatable bonds is 2. The third kappa shape index (κ3) is 2.86. The maximum Gasteiger partial charge on any atom is 0.416 e. The second kappa shape index (κ2) is 6.16. The second-order valence-electron chi connectivity index (χ2n) is 5.33. The highest BCUT2D eigenvalue weighted by Gasteiger charge is 2.25. The summed E-state index contributed by atoms with van der Waals surface area (Å²) in [5.74, 6) is 0.604. The number of hydrogen-bond acceptors (Lipinski definition) is 4. The van der Waals surface area contributed by atoms with Gasteiger partial charge in [-0.3, -0.25) is 4.99 Å². The Hall–Kier alpha value is -2.04. The topological polar surface area (TPSA) is 53.9 Å². The molecule has 1 aliphatic carbocycles. The Labute approximate surface area is 125 Å². The molecular formula is C16H21N3O2. The largest absolute Gasteiger partial charge is 0.449 e. The highest BCUT2D eigenvalue weighted by molar-refractivity contribution is 6.03. The lowest BCUT2D eigenvalue weighted by molar-refractivity contribution is 0.130. The first-order chi connectivity index (χ1) is 10.3. The number of carbonyl (C=O) groups excluding carboxylic acids is 1. The summed E-state index contributed by atoms with van der Waals surface area (Å²) in [5, 5.41) is 3.33. The molecule has 1 N–H and O–H groups in total. The number of nitrogens with one attached hydrogen (secondary N) is 1. The third-order valence-electron chi connectivity index (χ3n) is 3.97. The molecule has 0 unspecified atom stereocenters. The maximum absolute atomic E-state index is 11.9. The van der Waals surface area contributed by atoms with Crippen molar-refractivity contribution in [2.45, 2.75) is 32.6 Å². The first-order valence-electron chi connectivity index (χ1n) is 7.66. The average Bonchev–Trinajstić information content (AvgIpc) is 2.96. The Morgan fingerprint density at radius 3 is 3.10 bits per heavy atom. The van der Waals surface area contributed by atoms with Crippen molar-refractivity contribution in [1.82, 2.24) is 4.90 Å². The van der Waals surface area contributed by atoms with Crippen LogP contribution in [0.3, 0.4) is 0 Å². The Morgan fingerprint density at radius 1 is 1.38 bits per heavy atom. The molecule has 0 atom stereocenters. The number of carbonyl (C=O) groups is 1. The third-order valence-corrected chi connectivity index (χ3v) is 3.97. The zero-order valence-electron chi connectivity index (χ0n) is 12.4. The summed E-state index contributed by atoms with van der Waals surface area (Å²) in [4.78, 5) is 17.9. The summed E-state index contributed by atoms with van der Waals surface area (Å²) in [6.07, 6.45) is 4.38. The Morgan fingerprint density at radius 2 is 2.24 bits per heavy atom. The van der Waals surface area contributed by atoms with Gasteiger partial charge < -0.3 is 10.1 Å².